The molecule has 6 N–H and O–H groups in total. The Bertz CT molecular complexity index is 1550. The maximum absolute atomic E-state index is 13.7. The number of benzene rings is 2. The van der Waals surface area contributed by atoms with Gasteiger partial charge in [0.25, 0.3) is 5.91 Å². The zero-order valence-corrected chi connectivity index (χ0v) is 22.8. The minimum absolute atomic E-state index is 0.0264. The molecule has 0 radical (unpaired) electrons. The maximum Gasteiger partial charge on any atom is 0.255 e. The number of aliphatic hydroxyl groups is 3. The van der Waals surface area contributed by atoms with Crippen molar-refractivity contribution in [3.8, 4) is 16.9 Å². The second-order valence-corrected chi connectivity index (χ2v) is 11.3. The first-order chi connectivity index (χ1) is 19.4. The van der Waals surface area contributed by atoms with Gasteiger partial charge in [-0.15, -0.1) is 0 Å². The highest BCUT2D eigenvalue weighted by molar-refractivity contribution is 6.22. The van der Waals surface area contributed by atoms with Crippen molar-refractivity contribution in [3.05, 3.63) is 70.0 Å². The van der Waals surface area contributed by atoms with Crippen LogP contribution in [-0.2, 0) is 20.8 Å². The number of nitrogens with two attached hydrogens (primary N) is 1. The summed E-state index contributed by atoms with van der Waals surface area (Å²) in [5.41, 5.74) is 4.21. The number of phenols is 1. The molecule has 0 bridgehead atoms. The number of nitrogens with zero attached hydrogens (tertiary/aromatic N) is 1. The van der Waals surface area contributed by atoms with E-state index in [0.29, 0.717) is 23.1 Å². The molecule has 0 aliphatic heterocycles. The highest BCUT2D eigenvalue weighted by atomic mass is 16.3. The van der Waals surface area contributed by atoms with Crippen molar-refractivity contribution in [2.75, 3.05) is 20.6 Å². The van der Waals surface area contributed by atoms with Crippen molar-refractivity contribution in [2.45, 2.75) is 37.7 Å². The van der Waals surface area contributed by atoms with Crippen LogP contribution < -0.4 is 5.73 Å². The topological polar surface area (TPSA) is 178 Å². The summed E-state index contributed by atoms with van der Waals surface area (Å²) >= 11 is 0. The Morgan fingerprint density at radius 2 is 1.71 bits per heavy atom. The van der Waals surface area contributed by atoms with Gasteiger partial charge < -0.3 is 31.1 Å². The largest absolute Gasteiger partial charge is 0.508 e. The molecule has 5 rings (SSSR count). The maximum atomic E-state index is 13.7. The number of hydrogen-bond acceptors (Lipinski definition) is 9. The zero-order chi connectivity index (χ0) is 29.8. The van der Waals surface area contributed by atoms with Gasteiger partial charge in [0.2, 0.25) is 5.78 Å². The molecule has 41 heavy (non-hydrogen) atoms. The molecule has 10 nitrogen and oxygen atoms in total. The summed E-state index contributed by atoms with van der Waals surface area (Å²) in [6.07, 6.45) is 1.04. The zero-order valence-electron chi connectivity index (χ0n) is 22.8. The van der Waals surface area contributed by atoms with Crippen LogP contribution in [0.25, 0.3) is 16.9 Å². The fourth-order valence-corrected chi connectivity index (χ4v) is 6.43. The summed E-state index contributed by atoms with van der Waals surface area (Å²) in [7, 11) is 3.90. The number of phenolic OH excluding ortho intramolecular Hbond substituents is 1. The van der Waals surface area contributed by atoms with Gasteiger partial charge in [-0.3, -0.25) is 19.2 Å². The van der Waals surface area contributed by atoms with E-state index in [-0.39, 0.29) is 41.9 Å². The minimum Gasteiger partial charge on any atom is -0.508 e. The average molecular weight is 561 g/mol. The molecular weight excluding hydrogens is 528 g/mol. The van der Waals surface area contributed by atoms with Crippen molar-refractivity contribution in [3.63, 3.8) is 0 Å². The van der Waals surface area contributed by atoms with E-state index in [1.165, 1.54) is 6.07 Å². The molecule has 0 saturated heterocycles. The van der Waals surface area contributed by atoms with Gasteiger partial charge in [0.15, 0.2) is 17.2 Å². The van der Waals surface area contributed by atoms with E-state index >= 15 is 0 Å². The molecule has 0 unspecified atom stereocenters. The number of aliphatic hydroxyl groups excluding tert-OH is 2. The third-order valence-electron chi connectivity index (χ3n) is 8.47. The molecule has 2 aromatic rings. The van der Waals surface area contributed by atoms with Crippen LogP contribution in [0.15, 0.2) is 53.3 Å². The highest BCUT2D eigenvalue weighted by Gasteiger charge is 2.60. The molecule has 0 aromatic heterocycles. The fourth-order valence-electron chi connectivity index (χ4n) is 6.43. The van der Waals surface area contributed by atoms with Crippen LogP contribution in [0.5, 0.6) is 5.75 Å². The smallest absolute Gasteiger partial charge is 0.255 e. The first-order valence-corrected chi connectivity index (χ1v) is 13.5. The summed E-state index contributed by atoms with van der Waals surface area (Å²) in [6.45, 7) is 0.806. The monoisotopic (exact) mass is 560 g/mol. The normalized spacial score (nSPS) is 23.8. The van der Waals surface area contributed by atoms with Crippen LogP contribution in [0, 0.1) is 11.8 Å². The lowest BCUT2D eigenvalue weighted by molar-refractivity contribution is -0.147. The number of aromatic hydroxyl groups is 1. The quantitative estimate of drug-likeness (QED) is 0.251. The summed E-state index contributed by atoms with van der Waals surface area (Å²) in [4.78, 5) is 52.7. The Hall–Kier alpha value is -4.28. The Labute approximate surface area is 236 Å². The molecular formula is C31H32N2O8. The summed E-state index contributed by atoms with van der Waals surface area (Å²) in [5.74, 6) is -6.61. The van der Waals surface area contributed by atoms with E-state index in [1.54, 1.807) is 30.3 Å². The first kappa shape index (κ1) is 28.3. The molecule has 0 spiro atoms. The van der Waals surface area contributed by atoms with E-state index in [4.69, 9.17) is 5.73 Å². The van der Waals surface area contributed by atoms with Gasteiger partial charge in [-0.2, -0.15) is 0 Å². The first-order valence-electron chi connectivity index (χ1n) is 13.5. The van der Waals surface area contributed by atoms with E-state index in [1.807, 2.05) is 19.0 Å². The third kappa shape index (κ3) is 4.53. The van der Waals surface area contributed by atoms with Crippen LogP contribution in [0.2, 0.25) is 0 Å². The Kier molecular flexibility index (Phi) is 7.08. The van der Waals surface area contributed by atoms with Crippen LogP contribution in [0.4, 0.5) is 0 Å². The molecule has 1 amide bonds. The number of rotatable bonds is 7. The third-order valence-corrected chi connectivity index (χ3v) is 8.47. The van der Waals surface area contributed by atoms with E-state index in [2.05, 4.69) is 0 Å². The van der Waals surface area contributed by atoms with Gasteiger partial charge in [-0.05, 0) is 68.6 Å². The average Bonchev–Trinajstić information content (AvgIpc) is 2.90. The molecule has 214 valence electrons. The van der Waals surface area contributed by atoms with Gasteiger partial charge in [0.1, 0.15) is 22.8 Å². The molecule has 3 atom stereocenters. The van der Waals surface area contributed by atoms with E-state index in [0.717, 1.165) is 18.5 Å². The van der Waals surface area contributed by atoms with Crippen LogP contribution in [-0.4, -0.2) is 74.8 Å². The number of fused-ring (bicyclic) bond motifs is 3. The van der Waals surface area contributed by atoms with Crippen molar-refractivity contribution >= 4 is 29.0 Å². The molecule has 1 fully saturated rings. The second kappa shape index (κ2) is 10.3. The summed E-state index contributed by atoms with van der Waals surface area (Å²) < 4.78 is 0. The van der Waals surface area contributed by atoms with E-state index < -0.39 is 52.0 Å². The van der Waals surface area contributed by atoms with Crippen molar-refractivity contribution in [1.29, 1.82) is 0 Å². The van der Waals surface area contributed by atoms with Gasteiger partial charge in [0.05, 0.1) is 5.56 Å². The van der Waals surface area contributed by atoms with Gasteiger partial charge in [-0.25, -0.2) is 0 Å². The predicted molar refractivity (Wildman–Crippen MR) is 149 cm³/mol. The Morgan fingerprint density at radius 3 is 2.34 bits per heavy atom. The number of hydrogen-bond donors (Lipinski definition) is 5. The van der Waals surface area contributed by atoms with Gasteiger partial charge >= 0.3 is 0 Å². The predicted octanol–water partition coefficient (Wildman–Crippen LogP) is 2.62. The number of primary amides is 1. The number of carbonyl (C=O) groups excluding carboxylic acids is 4. The van der Waals surface area contributed by atoms with Gasteiger partial charge in [-0.1, -0.05) is 30.3 Å². The fraction of sp³-hybridized carbons (Fsp3) is 0.355. The van der Waals surface area contributed by atoms with Crippen LogP contribution >= 0.6 is 0 Å². The van der Waals surface area contributed by atoms with Crippen molar-refractivity contribution in [1.82, 2.24) is 4.90 Å². The molecule has 2 aromatic carbocycles. The molecule has 10 heteroatoms. The molecule has 0 heterocycles. The highest BCUT2D eigenvalue weighted by Crippen LogP contribution is 2.53. The summed E-state index contributed by atoms with van der Waals surface area (Å²) in [5, 5.41) is 44.1. The number of ketones is 3. The number of carbonyl (C=O) groups is 4. The lowest BCUT2D eigenvalue weighted by Crippen LogP contribution is -2.58. The van der Waals surface area contributed by atoms with Gasteiger partial charge in [0, 0.05) is 29.9 Å². The Balaban J connectivity index is 1.53. The van der Waals surface area contributed by atoms with E-state index in [9.17, 15) is 39.6 Å². The molecule has 3 aliphatic rings. The van der Waals surface area contributed by atoms with Crippen molar-refractivity contribution < 1.29 is 39.6 Å². The second-order valence-electron chi connectivity index (χ2n) is 11.3. The SMILES string of the molecule is CN(C)CCCC(=O)c1ccc(-c2ccc(O)c3c2C[C@H]2C[C@H]4CC(=O)C(C(N)=O)=C(O)[C@@]4(O)C(=O)C2=C3O)cc1. The van der Waals surface area contributed by atoms with Crippen molar-refractivity contribution in [2.24, 2.45) is 17.6 Å². The molecule has 3 aliphatic carbocycles. The lowest BCUT2D eigenvalue weighted by Gasteiger charge is -2.46. The number of Topliss-reactive ketones (excluding diaryl/α,β-unsaturated/α-hetero) is 3. The standard InChI is InChI=1S/C31H32N2O8/c1-33(2)11-3-4-21(34)16-7-5-15(6-8-16)19-9-10-22(35)25-20(19)13-17-12-18-14-23(36)26(30(32)40)29(39)31(18,41)28(38)24(17)27(25)37/h5-10,17-18,35,37,39,41H,3-4,11-14H2,1-2H3,(H2,32,40)/t17-,18+,31+/m1/s1. The number of amides is 1. The lowest BCUT2D eigenvalue weighted by atomic mass is 9.59. The minimum atomic E-state index is -2.60. The summed E-state index contributed by atoms with van der Waals surface area (Å²) in [6, 6.07) is 10.1. The van der Waals surface area contributed by atoms with Crippen LogP contribution in [0.3, 0.4) is 0 Å². The van der Waals surface area contributed by atoms with Crippen LogP contribution in [0.1, 0.15) is 47.2 Å². The molecule has 1 saturated carbocycles. The Morgan fingerprint density at radius 1 is 1.02 bits per heavy atom.